The standard InChI is InChI=1S/C24H19ClF2N2O3/c1-31-24(30)22-11-21(28-13-29-22)18-4-2-3-17(18)19-9-15(25)6-8-23(19)32-12-14-5-7-16(26)10-20(14)27/h5-11,13H,2-4,12H2,1H3. The van der Waals surface area contributed by atoms with Crippen LogP contribution in [0.3, 0.4) is 0 Å². The largest absolute Gasteiger partial charge is 0.488 e. The van der Waals surface area contributed by atoms with Crippen LogP contribution in [-0.4, -0.2) is 23.0 Å². The summed E-state index contributed by atoms with van der Waals surface area (Å²) >= 11 is 6.27. The minimum absolute atomic E-state index is 0.0661. The van der Waals surface area contributed by atoms with Gasteiger partial charge >= 0.3 is 5.97 Å². The molecule has 164 valence electrons. The Morgan fingerprint density at radius 1 is 1.06 bits per heavy atom. The lowest BCUT2D eigenvalue weighted by atomic mass is 9.99. The fraction of sp³-hybridized carbons (Fsp3) is 0.208. The van der Waals surface area contributed by atoms with E-state index in [-0.39, 0.29) is 17.9 Å². The van der Waals surface area contributed by atoms with E-state index >= 15 is 0 Å². The van der Waals surface area contributed by atoms with Gasteiger partial charge in [-0.05, 0) is 66.8 Å². The number of hydrogen-bond donors (Lipinski definition) is 0. The molecular weight excluding hydrogens is 438 g/mol. The van der Waals surface area contributed by atoms with E-state index in [0.717, 1.165) is 42.0 Å². The van der Waals surface area contributed by atoms with Gasteiger partial charge in [0.1, 0.15) is 30.3 Å². The van der Waals surface area contributed by atoms with E-state index in [9.17, 15) is 13.6 Å². The van der Waals surface area contributed by atoms with Crippen LogP contribution in [0.2, 0.25) is 5.02 Å². The third-order valence-electron chi connectivity index (χ3n) is 5.25. The maximum absolute atomic E-state index is 14.0. The number of ether oxygens (including phenoxy) is 2. The predicted octanol–water partition coefficient (Wildman–Crippen LogP) is 5.87. The highest BCUT2D eigenvalue weighted by Crippen LogP contribution is 2.43. The van der Waals surface area contributed by atoms with Crippen molar-refractivity contribution in [2.45, 2.75) is 25.9 Å². The van der Waals surface area contributed by atoms with Gasteiger partial charge in [-0.3, -0.25) is 0 Å². The van der Waals surface area contributed by atoms with Crippen molar-refractivity contribution in [3.8, 4) is 5.75 Å². The Kier molecular flexibility index (Phi) is 6.46. The Balaban J connectivity index is 1.70. The van der Waals surface area contributed by atoms with Crippen LogP contribution in [-0.2, 0) is 11.3 Å². The molecule has 4 rings (SSSR count). The van der Waals surface area contributed by atoms with E-state index in [1.54, 1.807) is 24.3 Å². The van der Waals surface area contributed by atoms with E-state index in [0.29, 0.717) is 16.5 Å². The number of carbonyl (C=O) groups excluding carboxylic acids is 1. The van der Waals surface area contributed by atoms with Gasteiger partial charge in [-0.15, -0.1) is 0 Å². The normalized spacial score (nSPS) is 13.4. The average molecular weight is 457 g/mol. The van der Waals surface area contributed by atoms with Gasteiger partial charge in [0.15, 0.2) is 5.69 Å². The summed E-state index contributed by atoms with van der Waals surface area (Å²) in [5.41, 5.74) is 3.75. The first-order chi connectivity index (χ1) is 15.5. The second-order valence-corrected chi connectivity index (χ2v) is 7.69. The minimum Gasteiger partial charge on any atom is -0.488 e. The second kappa shape index (κ2) is 9.44. The van der Waals surface area contributed by atoms with Crippen molar-refractivity contribution in [2.24, 2.45) is 0 Å². The molecule has 0 unspecified atom stereocenters. The van der Waals surface area contributed by atoms with Crippen LogP contribution in [0.1, 0.15) is 46.6 Å². The van der Waals surface area contributed by atoms with Crippen molar-refractivity contribution in [3.63, 3.8) is 0 Å². The third-order valence-corrected chi connectivity index (χ3v) is 5.49. The summed E-state index contributed by atoms with van der Waals surface area (Å²) < 4.78 is 37.9. The molecule has 0 bridgehead atoms. The Bertz CT molecular complexity index is 1210. The lowest BCUT2D eigenvalue weighted by Crippen LogP contribution is -2.06. The van der Waals surface area contributed by atoms with Crippen molar-refractivity contribution < 1.29 is 23.0 Å². The molecule has 0 N–H and O–H groups in total. The molecule has 5 nitrogen and oxygen atoms in total. The molecule has 3 aromatic rings. The number of nitrogens with zero attached hydrogens (tertiary/aromatic N) is 2. The van der Waals surface area contributed by atoms with Gasteiger partial charge in [0.25, 0.3) is 0 Å². The van der Waals surface area contributed by atoms with E-state index in [2.05, 4.69) is 9.97 Å². The van der Waals surface area contributed by atoms with Gasteiger partial charge < -0.3 is 9.47 Å². The number of esters is 1. The van der Waals surface area contributed by atoms with E-state index in [4.69, 9.17) is 21.1 Å². The summed E-state index contributed by atoms with van der Waals surface area (Å²) in [4.78, 5) is 20.2. The highest BCUT2D eigenvalue weighted by molar-refractivity contribution is 6.30. The molecule has 1 aliphatic carbocycles. The highest BCUT2D eigenvalue weighted by Gasteiger charge is 2.23. The molecule has 0 spiro atoms. The van der Waals surface area contributed by atoms with Crippen molar-refractivity contribution >= 4 is 28.7 Å². The molecule has 2 aromatic carbocycles. The molecule has 0 aliphatic heterocycles. The maximum atomic E-state index is 14.0. The van der Waals surface area contributed by atoms with Gasteiger partial charge in [0.2, 0.25) is 0 Å². The lowest BCUT2D eigenvalue weighted by Gasteiger charge is -2.15. The number of rotatable bonds is 6. The van der Waals surface area contributed by atoms with Crippen molar-refractivity contribution in [1.29, 1.82) is 0 Å². The molecule has 1 aliphatic rings. The number of carbonyl (C=O) groups is 1. The molecule has 8 heteroatoms. The Hall–Kier alpha value is -3.32. The smallest absolute Gasteiger partial charge is 0.356 e. The molecule has 0 saturated carbocycles. The number of hydrogen-bond acceptors (Lipinski definition) is 5. The number of allylic oxidation sites excluding steroid dienone is 2. The summed E-state index contributed by atoms with van der Waals surface area (Å²) in [6.45, 7) is -0.0661. The van der Waals surface area contributed by atoms with Crippen LogP contribution < -0.4 is 4.74 Å². The van der Waals surface area contributed by atoms with Gasteiger partial charge in [-0.2, -0.15) is 0 Å². The maximum Gasteiger partial charge on any atom is 0.356 e. The summed E-state index contributed by atoms with van der Waals surface area (Å²) in [5, 5.41) is 0.525. The number of halogens is 3. The molecule has 0 saturated heterocycles. The first kappa shape index (κ1) is 21.9. The zero-order valence-electron chi connectivity index (χ0n) is 17.2. The Morgan fingerprint density at radius 2 is 1.88 bits per heavy atom. The van der Waals surface area contributed by atoms with E-state index in [1.807, 2.05) is 0 Å². The SMILES string of the molecule is COC(=O)c1cc(C2=C(c3cc(Cl)ccc3OCc3ccc(F)cc3F)CCC2)ncn1. The summed E-state index contributed by atoms with van der Waals surface area (Å²) in [5.74, 6) is -1.33. The van der Waals surface area contributed by atoms with Gasteiger partial charge in [-0.25, -0.2) is 23.5 Å². The van der Waals surface area contributed by atoms with Crippen molar-refractivity contribution in [2.75, 3.05) is 7.11 Å². The monoisotopic (exact) mass is 456 g/mol. The van der Waals surface area contributed by atoms with Crippen LogP contribution in [0.5, 0.6) is 5.75 Å². The van der Waals surface area contributed by atoms with Crippen LogP contribution in [0.4, 0.5) is 8.78 Å². The van der Waals surface area contributed by atoms with Crippen LogP contribution >= 0.6 is 11.6 Å². The average Bonchev–Trinajstić information content (AvgIpc) is 3.28. The van der Waals surface area contributed by atoms with Crippen molar-refractivity contribution in [3.05, 3.63) is 88.0 Å². The molecule has 0 atom stereocenters. The van der Waals surface area contributed by atoms with Crippen LogP contribution in [0.25, 0.3) is 11.1 Å². The van der Waals surface area contributed by atoms with E-state index < -0.39 is 17.6 Å². The zero-order chi connectivity index (χ0) is 22.7. The lowest BCUT2D eigenvalue weighted by molar-refractivity contribution is 0.0593. The fourth-order valence-electron chi connectivity index (χ4n) is 3.72. The van der Waals surface area contributed by atoms with Crippen LogP contribution in [0, 0.1) is 11.6 Å². The fourth-order valence-corrected chi connectivity index (χ4v) is 3.89. The third kappa shape index (κ3) is 4.62. The minimum atomic E-state index is -0.669. The molecule has 1 aromatic heterocycles. The predicted molar refractivity (Wildman–Crippen MR) is 116 cm³/mol. The molecule has 0 radical (unpaired) electrons. The van der Waals surface area contributed by atoms with Crippen molar-refractivity contribution in [1.82, 2.24) is 9.97 Å². The van der Waals surface area contributed by atoms with Gasteiger partial charge in [0.05, 0.1) is 12.8 Å². The van der Waals surface area contributed by atoms with E-state index in [1.165, 1.54) is 25.6 Å². The molecule has 1 heterocycles. The first-order valence-corrected chi connectivity index (χ1v) is 10.3. The molecule has 0 fully saturated rings. The second-order valence-electron chi connectivity index (χ2n) is 7.26. The number of aromatic nitrogens is 2. The quantitative estimate of drug-likeness (QED) is 0.434. The molecule has 32 heavy (non-hydrogen) atoms. The summed E-state index contributed by atoms with van der Waals surface area (Å²) in [7, 11) is 1.30. The van der Waals surface area contributed by atoms with Crippen LogP contribution in [0.15, 0.2) is 48.8 Å². The Labute approximate surface area is 188 Å². The summed E-state index contributed by atoms with van der Waals surface area (Å²) in [6, 6.07) is 10.2. The van der Waals surface area contributed by atoms with Gasteiger partial charge in [-0.1, -0.05) is 11.6 Å². The molecule has 0 amide bonds. The van der Waals surface area contributed by atoms with Gasteiger partial charge in [0, 0.05) is 22.2 Å². The number of methoxy groups -OCH3 is 1. The Morgan fingerprint density at radius 3 is 2.66 bits per heavy atom. The summed E-state index contributed by atoms with van der Waals surface area (Å²) in [6.07, 6.45) is 3.73. The number of benzene rings is 2. The first-order valence-electron chi connectivity index (χ1n) is 9.95. The highest BCUT2D eigenvalue weighted by atomic mass is 35.5. The topological polar surface area (TPSA) is 61.3 Å². The molecular formula is C24H19ClF2N2O3. The zero-order valence-corrected chi connectivity index (χ0v) is 18.0.